The van der Waals surface area contributed by atoms with E-state index in [-0.39, 0.29) is 5.54 Å². The van der Waals surface area contributed by atoms with E-state index in [2.05, 4.69) is 52.5 Å². The van der Waals surface area contributed by atoms with Gasteiger partial charge in [-0.15, -0.1) is 0 Å². The summed E-state index contributed by atoms with van der Waals surface area (Å²) in [5.41, 5.74) is 10.1. The molecule has 0 fully saturated rings. The molecular weight excluding hydrogens is 276 g/mol. The van der Waals surface area contributed by atoms with Crippen LogP contribution in [0.5, 0.6) is 0 Å². The van der Waals surface area contributed by atoms with E-state index < -0.39 is 0 Å². The molecular formula is C14H17BrN2. The van der Waals surface area contributed by atoms with Crippen molar-refractivity contribution < 1.29 is 0 Å². The second kappa shape index (κ2) is 3.59. The number of aromatic nitrogens is 1. The summed E-state index contributed by atoms with van der Waals surface area (Å²) in [5.74, 6) is 0. The lowest BCUT2D eigenvalue weighted by atomic mass is 10.0. The van der Waals surface area contributed by atoms with Crippen molar-refractivity contribution in [2.24, 2.45) is 5.73 Å². The van der Waals surface area contributed by atoms with Gasteiger partial charge in [-0.2, -0.15) is 0 Å². The normalized spacial score (nSPS) is 15.5. The average molecular weight is 293 g/mol. The molecule has 17 heavy (non-hydrogen) atoms. The molecule has 2 nitrogen and oxygen atoms in total. The van der Waals surface area contributed by atoms with Gasteiger partial charge in [0.1, 0.15) is 0 Å². The predicted octanol–water partition coefficient (Wildman–Crippen LogP) is 3.54. The molecule has 0 atom stereocenters. The van der Waals surface area contributed by atoms with E-state index in [4.69, 9.17) is 5.73 Å². The van der Waals surface area contributed by atoms with Crippen LogP contribution in [0.4, 0.5) is 0 Å². The Labute approximate surface area is 110 Å². The molecule has 0 saturated heterocycles. The van der Waals surface area contributed by atoms with Gasteiger partial charge in [-0.3, -0.25) is 0 Å². The quantitative estimate of drug-likeness (QED) is 0.856. The van der Waals surface area contributed by atoms with Gasteiger partial charge >= 0.3 is 0 Å². The number of para-hydroxylation sites is 1. The number of hydrogen-bond acceptors (Lipinski definition) is 1. The summed E-state index contributed by atoms with van der Waals surface area (Å²) < 4.78 is 3.57. The highest BCUT2D eigenvalue weighted by Crippen LogP contribution is 2.39. The first-order chi connectivity index (χ1) is 8.00. The second-order valence-corrected chi connectivity index (χ2v) is 6.25. The van der Waals surface area contributed by atoms with Crippen molar-refractivity contribution in [3.63, 3.8) is 0 Å². The second-order valence-electron chi connectivity index (χ2n) is 5.45. The van der Waals surface area contributed by atoms with Gasteiger partial charge in [0, 0.05) is 16.4 Å². The van der Waals surface area contributed by atoms with Gasteiger partial charge in [0.25, 0.3) is 0 Å². The maximum atomic E-state index is 6.32. The van der Waals surface area contributed by atoms with Crippen molar-refractivity contribution >= 4 is 26.8 Å². The summed E-state index contributed by atoms with van der Waals surface area (Å²) in [6.07, 6.45) is 2.38. The Morgan fingerprint density at radius 3 is 2.82 bits per heavy atom. The van der Waals surface area contributed by atoms with Crippen molar-refractivity contribution in [3.8, 4) is 0 Å². The summed E-state index contributed by atoms with van der Waals surface area (Å²) >= 11 is 3.74. The number of halogens is 1. The van der Waals surface area contributed by atoms with E-state index >= 15 is 0 Å². The average Bonchev–Trinajstić information content (AvgIpc) is 2.54. The third-order valence-corrected chi connectivity index (χ3v) is 4.34. The molecule has 0 saturated carbocycles. The van der Waals surface area contributed by atoms with Crippen molar-refractivity contribution in [1.29, 1.82) is 0 Å². The first-order valence-electron chi connectivity index (χ1n) is 6.09. The lowest BCUT2D eigenvalue weighted by Crippen LogP contribution is -2.32. The van der Waals surface area contributed by atoms with Crippen molar-refractivity contribution in [2.45, 2.75) is 38.8 Å². The Morgan fingerprint density at radius 1 is 1.35 bits per heavy atom. The lowest BCUT2D eigenvalue weighted by molar-refractivity contribution is 0.482. The minimum atomic E-state index is -0.313. The van der Waals surface area contributed by atoms with Crippen molar-refractivity contribution in [1.82, 2.24) is 4.57 Å². The number of nitrogens with zero attached hydrogens (tertiary/aromatic N) is 1. The lowest BCUT2D eigenvalue weighted by Gasteiger charge is -2.25. The molecule has 1 aromatic heterocycles. The number of hydrogen-bond donors (Lipinski definition) is 1. The SMILES string of the molecule is CC(C)(N)c1c(Br)c2cccc3c2n1CCC3. The van der Waals surface area contributed by atoms with Gasteiger partial charge in [0.05, 0.1) is 16.7 Å². The standard InChI is InChI=1S/C14H17BrN2/c1-14(2,16)13-11(15)10-7-3-5-9-6-4-8-17(13)12(9)10/h3,5,7H,4,6,8,16H2,1-2H3. The maximum absolute atomic E-state index is 6.32. The predicted molar refractivity (Wildman–Crippen MR) is 75.2 cm³/mol. The van der Waals surface area contributed by atoms with Gasteiger partial charge < -0.3 is 10.3 Å². The van der Waals surface area contributed by atoms with Crippen LogP contribution in [0.15, 0.2) is 22.7 Å². The van der Waals surface area contributed by atoms with E-state index in [1.165, 1.54) is 39.5 Å². The summed E-state index contributed by atoms with van der Waals surface area (Å²) in [4.78, 5) is 0. The Hall–Kier alpha value is -0.800. The van der Waals surface area contributed by atoms with E-state index in [9.17, 15) is 0 Å². The zero-order chi connectivity index (χ0) is 12.2. The highest BCUT2D eigenvalue weighted by molar-refractivity contribution is 9.10. The van der Waals surface area contributed by atoms with Crippen LogP contribution in [0.1, 0.15) is 31.5 Å². The zero-order valence-electron chi connectivity index (χ0n) is 10.3. The van der Waals surface area contributed by atoms with E-state index in [0.717, 1.165) is 6.54 Å². The smallest absolute Gasteiger partial charge is 0.0527 e. The molecule has 1 aliphatic rings. The van der Waals surface area contributed by atoms with Crippen LogP contribution >= 0.6 is 15.9 Å². The molecule has 0 unspecified atom stereocenters. The summed E-state index contributed by atoms with van der Waals surface area (Å²) in [7, 11) is 0. The van der Waals surface area contributed by atoms with Crippen LogP contribution in [0, 0.1) is 0 Å². The molecule has 2 aromatic rings. The third-order valence-electron chi connectivity index (χ3n) is 3.54. The largest absolute Gasteiger partial charge is 0.342 e. The van der Waals surface area contributed by atoms with Gasteiger partial charge in [-0.25, -0.2) is 0 Å². The van der Waals surface area contributed by atoms with Gasteiger partial charge in [-0.1, -0.05) is 18.2 Å². The minimum absolute atomic E-state index is 0.313. The molecule has 1 aromatic carbocycles. The van der Waals surface area contributed by atoms with Crippen LogP contribution in [0.3, 0.4) is 0 Å². The molecule has 3 rings (SSSR count). The van der Waals surface area contributed by atoms with Crippen LogP contribution < -0.4 is 5.73 Å². The number of aryl methyl sites for hydroxylation is 2. The molecule has 90 valence electrons. The van der Waals surface area contributed by atoms with Gasteiger partial charge in [0.15, 0.2) is 0 Å². The van der Waals surface area contributed by atoms with E-state index in [0.29, 0.717) is 0 Å². The molecule has 0 spiro atoms. The van der Waals surface area contributed by atoms with Crippen LogP contribution in [-0.4, -0.2) is 4.57 Å². The monoisotopic (exact) mass is 292 g/mol. The Balaban J connectivity index is 2.46. The highest BCUT2D eigenvalue weighted by atomic mass is 79.9. The Kier molecular flexibility index (Phi) is 2.39. The van der Waals surface area contributed by atoms with Crippen LogP contribution in [0.2, 0.25) is 0 Å². The van der Waals surface area contributed by atoms with Gasteiger partial charge in [-0.05, 0) is 48.2 Å². The van der Waals surface area contributed by atoms with Crippen LogP contribution in [0.25, 0.3) is 10.9 Å². The van der Waals surface area contributed by atoms with Crippen molar-refractivity contribution in [2.75, 3.05) is 0 Å². The number of benzene rings is 1. The first-order valence-corrected chi connectivity index (χ1v) is 6.88. The highest BCUT2D eigenvalue weighted by Gasteiger charge is 2.28. The maximum Gasteiger partial charge on any atom is 0.0527 e. The summed E-state index contributed by atoms with van der Waals surface area (Å²) in [5, 5.41) is 1.30. The molecule has 0 radical (unpaired) electrons. The number of nitrogens with two attached hydrogens (primary N) is 1. The minimum Gasteiger partial charge on any atom is -0.342 e. The molecule has 3 heteroatoms. The Bertz CT molecular complexity index is 590. The first kappa shape index (κ1) is 11.3. The third kappa shape index (κ3) is 1.56. The molecule has 2 heterocycles. The Morgan fingerprint density at radius 2 is 2.12 bits per heavy atom. The number of rotatable bonds is 1. The van der Waals surface area contributed by atoms with Crippen LogP contribution in [-0.2, 0) is 18.5 Å². The van der Waals surface area contributed by atoms with E-state index in [1.54, 1.807) is 0 Å². The topological polar surface area (TPSA) is 30.9 Å². The zero-order valence-corrected chi connectivity index (χ0v) is 11.8. The molecule has 1 aliphatic heterocycles. The fourth-order valence-electron chi connectivity index (χ4n) is 2.93. The molecule has 0 bridgehead atoms. The van der Waals surface area contributed by atoms with Gasteiger partial charge in [0.2, 0.25) is 0 Å². The molecule has 0 aliphatic carbocycles. The molecule has 0 amide bonds. The van der Waals surface area contributed by atoms with E-state index in [1.807, 2.05) is 0 Å². The fourth-order valence-corrected chi connectivity index (χ4v) is 3.97. The summed E-state index contributed by atoms with van der Waals surface area (Å²) in [6, 6.07) is 6.56. The van der Waals surface area contributed by atoms with Crippen molar-refractivity contribution in [3.05, 3.63) is 33.9 Å². The molecule has 2 N–H and O–H groups in total. The summed E-state index contributed by atoms with van der Waals surface area (Å²) in [6.45, 7) is 5.22. The fraction of sp³-hybridized carbons (Fsp3) is 0.429.